The van der Waals surface area contributed by atoms with Gasteiger partial charge in [-0.25, -0.2) is 4.98 Å². The molecule has 0 amide bonds. The van der Waals surface area contributed by atoms with Gasteiger partial charge in [-0.3, -0.25) is 0 Å². The zero-order valence-corrected chi connectivity index (χ0v) is 12.9. The van der Waals surface area contributed by atoms with Gasteiger partial charge in [-0.1, -0.05) is 6.07 Å². The topological polar surface area (TPSA) is 27.1 Å². The Labute approximate surface area is 123 Å². The van der Waals surface area contributed by atoms with Gasteiger partial charge in [0.15, 0.2) is 0 Å². The van der Waals surface area contributed by atoms with Crippen molar-refractivity contribution >= 4 is 34.4 Å². The van der Waals surface area contributed by atoms with Crippen molar-refractivity contribution in [3.63, 3.8) is 0 Å². The van der Waals surface area contributed by atoms with Crippen molar-refractivity contribution in [2.75, 3.05) is 25.0 Å². The maximum atomic E-state index is 5.88. The number of methoxy groups -OCH3 is 1. The SMILES string of the molecule is COc1cccc2c1nc(CCCl)n2CCCSC. The predicted octanol–water partition coefficient (Wildman–Crippen LogP) is 3.58. The van der Waals surface area contributed by atoms with Crippen LogP contribution >= 0.6 is 23.4 Å². The lowest BCUT2D eigenvalue weighted by Gasteiger charge is -2.08. The van der Waals surface area contributed by atoms with Crippen LogP contribution in [-0.4, -0.2) is 34.5 Å². The molecule has 1 aromatic heterocycles. The van der Waals surface area contributed by atoms with Gasteiger partial charge in [0.05, 0.1) is 12.6 Å². The van der Waals surface area contributed by atoms with E-state index in [0.717, 1.165) is 47.7 Å². The van der Waals surface area contributed by atoms with Crippen molar-refractivity contribution in [1.82, 2.24) is 9.55 Å². The minimum absolute atomic E-state index is 0.591. The molecule has 0 saturated heterocycles. The van der Waals surface area contributed by atoms with E-state index in [0.29, 0.717) is 5.88 Å². The second kappa shape index (κ2) is 7.06. The third kappa shape index (κ3) is 3.18. The molecule has 0 aliphatic carbocycles. The Morgan fingerprint density at radius 3 is 2.95 bits per heavy atom. The van der Waals surface area contributed by atoms with Gasteiger partial charge in [0.1, 0.15) is 17.1 Å². The molecule has 3 nitrogen and oxygen atoms in total. The van der Waals surface area contributed by atoms with E-state index in [4.69, 9.17) is 21.3 Å². The largest absolute Gasteiger partial charge is 0.494 e. The molecule has 0 spiro atoms. The van der Waals surface area contributed by atoms with Crippen LogP contribution in [0, 0.1) is 0 Å². The highest BCUT2D eigenvalue weighted by Crippen LogP contribution is 2.26. The second-order valence-corrected chi connectivity index (χ2v) is 5.66. The van der Waals surface area contributed by atoms with E-state index in [9.17, 15) is 0 Å². The number of hydrogen-bond acceptors (Lipinski definition) is 3. The third-order valence-corrected chi connectivity index (χ3v) is 3.98. The standard InChI is InChI=1S/C14H19ClN2OS/c1-18-12-6-3-5-11-14(12)16-13(7-8-15)17(11)9-4-10-19-2/h3,5-6H,4,7-10H2,1-2H3. The van der Waals surface area contributed by atoms with Gasteiger partial charge in [-0.15, -0.1) is 11.6 Å². The van der Waals surface area contributed by atoms with Gasteiger partial charge in [0, 0.05) is 18.8 Å². The molecule has 2 rings (SSSR count). The highest BCUT2D eigenvalue weighted by atomic mass is 35.5. The number of nitrogens with zero attached hydrogens (tertiary/aromatic N) is 2. The fourth-order valence-electron chi connectivity index (χ4n) is 2.23. The van der Waals surface area contributed by atoms with Crippen LogP contribution in [0.3, 0.4) is 0 Å². The molecule has 0 N–H and O–H groups in total. The van der Waals surface area contributed by atoms with Crippen LogP contribution in [0.4, 0.5) is 0 Å². The molecule has 0 unspecified atom stereocenters. The van der Waals surface area contributed by atoms with Crippen LogP contribution < -0.4 is 4.74 Å². The zero-order valence-electron chi connectivity index (χ0n) is 11.4. The van der Waals surface area contributed by atoms with E-state index >= 15 is 0 Å². The number of rotatable bonds is 7. The third-order valence-electron chi connectivity index (χ3n) is 3.09. The molecule has 5 heteroatoms. The average Bonchev–Trinajstić information content (AvgIpc) is 2.77. The number of alkyl halides is 1. The number of benzene rings is 1. The van der Waals surface area contributed by atoms with Crippen LogP contribution in [0.1, 0.15) is 12.2 Å². The minimum Gasteiger partial charge on any atom is -0.494 e. The molecule has 19 heavy (non-hydrogen) atoms. The van der Waals surface area contributed by atoms with Crippen molar-refractivity contribution in [1.29, 1.82) is 0 Å². The number of fused-ring (bicyclic) bond motifs is 1. The number of aryl methyl sites for hydroxylation is 2. The van der Waals surface area contributed by atoms with Gasteiger partial charge in [0.25, 0.3) is 0 Å². The average molecular weight is 299 g/mol. The zero-order chi connectivity index (χ0) is 13.7. The molecule has 1 aromatic carbocycles. The van der Waals surface area contributed by atoms with Crippen molar-refractivity contribution in [3.05, 3.63) is 24.0 Å². The summed E-state index contributed by atoms with van der Waals surface area (Å²) in [6.45, 7) is 0.983. The van der Waals surface area contributed by atoms with E-state index < -0.39 is 0 Å². The molecule has 1 heterocycles. The second-order valence-electron chi connectivity index (χ2n) is 4.29. The molecule has 0 atom stereocenters. The van der Waals surface area contributed by atoms with Crippen molar-refractivity contribution in [3.8, 4) is 5.75 Å². The maximum Gasteiger partial charge on any atom is 0.146 e. The molecule has 0 aliphatic heterocycles. The Bertz CT molecular complexity index is 541. The molecule has 0 fully saturated rings. The van der Waals surface area contributed by atoms with E-state index in [2.05, 4.69) is 16.9 Å². The quantitative estimate of drug-likeness (QED) is 0.577. The van der Waals surface area contributed by atoms with Crippen molar-refractivity contribution in [2.45, 2.75) is 19.4 Å². The summed E-state index contributed by atoms with van der Waals surface area (Å²) < 4.78 is 7.66. The van der Waals surface area contributed by atoms with Crippen LogP contribution in [-0.2, 0) is 13.0 Å². The number of ether oxygens (including phenoxy) is 1. The molecule has 2 aromatic rings. The molecule has 0 aliphatic rings. The Morgan fingerprint density at radius 1 is 1.42 bits per heavy atom. The number of para-hydroxylation sites is 1. The Morgan fingerprint density at radius 2 is 2.26 bits per heavy atom. The number of thioether (sulfide) groups is 1. The van der Waals surface area contributed by atoms with E-state index in [-0.39, 0.29) is 0 Å². The fraction of sp³-hybridized carbons (Fsp3) is 0.500. The lowest BCUT2D eigenvalue weighted by Crippen LogP contribution is -2.05. The van der Waals surface area contributed by atoms with Crippen LogP contribution in [0.5, 0.6) is 5.75 Å². The van der Waals surface area contributed by atoms with Crippen LogP contribution in [0.25, 0.3) is 11.0 Å². The Balaban J connectivity index is 2.41. The summed E-state index contributed by atoms with van der Waals surface area (Å²) in [6, 6.07) is 6.06. The fourth-order valence-corrected chi connectivity index (χ4v) is 2.81. The first-order valence-electron chi connectivity index (χ1n) is 6.38. The first-order chi connectivity index (χ1) is 9.31. The highest BCUT2D eigenvalue weighted by molar-refractivity contribution is 7.98. The monoisotopic (exact) mass is 298 g/mol. The van der Waals surface area contributed by atoms with E-state index in [1.165, 1.54) is 0 Å². The molecular formula is C14H19ClN2OS. The summed E-state index contributed by atoms with van der Waals surface area (Å²) in [5.74, 6) is 3.63. The van der Waals surface area contributed by atoms with E-state index in [1.54, 1.807) is 7.11 Å². The first-order valence-corrected chi connectivity index (χ1v) is 8.31. The van der Waals surface area contributed by atoms with Crippen LogP contribution in [0.2, 0.25) is 0 Å². The Kier molecular flexibility index (Phi) is 5.40. The normalized spacial score (nSPS) is 11.1. The molecule has 0 bridgehead atoms. The highest BCUT2D eigenvalue weighted by Gasteiger charge is 2.13. The molecule has 0 radical (unpaired) electrons. The summed E-state index contributed by atoms with van der Waals surface area (Å²) >= 11 is 7.75. The molecular weight excluding hydrogens is 280 g/mol. The summed E-state index contributed by atoms with van der Waals surface area (Å²) in [6.07, 6.45) is 4.06. The number of halogens is 1. The Hall–Kier alpha value is -0.870. The van der Waals surface area contributed by atoms with Gasteiger partial charge in [0.2, 0.25) is 0 Å². The van der Waals surface area contributed by atoms with Gasteiger partial charge >= 0.3 is 0 Å². The van der Waals surface area contributed by atoms with Gasteiger partial charge in [-0.2, -0.15) is 11.8 Å². The summed E-state index contributed by atoms with van der Waals surface area (Å²) in [4.78, 5) is 4.70. The molecule has 0 saturated carbocycles. The summed E-state index contributed by atoms with van der Waals surface area (Å²) in [5, 5.41) is 0. The lowest BCUT2D eigenvalue weighted by molar-refractivity contribution is 0.419. The number of hydrogen-bond donors (Lipinski definition) is 0. The molecule has 104 valence electrons. The maximum absolute atomic E-state index is 5.88. The number of imidazole rings is 1. The lowest BCUT2D eigenvalue weighted by atomic mass is 10.3. The van der Waals surface area contributed by atoms with E-state index in [1.807, 2.05) is 23.9 Å². The van der Waals surface area contributed by atoms with Crippen molar-refractivity contribution in [2.24, 2.45) is 0 Å². The van der Waals surface area contributed by atoms with Crippen molar-refractivity contribution < 1.29 is 4.74 Å². The minimum atomic E-state index is 0.591. The van der Waals surface area contributed by atoms with Gasteiger partial charge < -0.3 is 9.30 Å². The van der Waals surface area contributed by atoms with Crippen LogP contribution in [0.15, 0.2) is 18.2 Å². The summed E-state index contributed by atoms with van der Waals surface area (Å²) in [7, 11) is 1.68. The van der Waals surface area contributed by atoms with Gasteiger partial charge in [-0.05, 0) is 30.6 Å². The number of aromatic nitrogens is 2. The first kappa shape index (κ1) is 14.5. The predicted molar refractivity (Wildman–Crippen MR) is 83.7 cm³/mol. The smallest absolute Gasteiger partial charge is 0.146 e. The summed E-state index contributed by atoms with van der Waals surface area (Å²) in [5.41, 5.74) is 2.08.